The third-order valence-corrected chi connectivity index (χ3v) is 6.10. The van der Waals surface area contributed by atoms with E-state index in [9.17, 15) is 18.0 Å². The van der Waals surface area contributed by atoms with Gasteiger partial charge in [0.15, 0.2) is 5.82 Å². The first kappa shape index (κ1) is 22.8. The molecule has 1 atom stereocenters. The van der Waals surface area contributed by atoms with Crippen LogP contribution >= 0.6 is 0 Å². The molecule has 12 heteroatoms. The van der Waals surface area contributed by atoms with Crippen molar-refractivity contribution < 1.29 is 18.0 Å². The molecule has 9 nitrogen and oxygen atoms in total. The van der Waals surface area contributed by atoms with E-state index >= 15 is 0 Å². The van der Waals surface area contributed by atoms with Gasteiger partial charge in [0, 0.05) is 51.9 Å². The van der Waals surface area contributed by atoms with E-state index in [1.165, 1.54) is 17.1 Å². The summed E-state index contributed by atoms with van der Waals surface area (Å²) in [5.41, 5.74) is 1.81. The number of anilines is 1. The molecule has 4 heterocycles. The van der Waals surface area contributed by atoms with E-state index in [4.69, 9.17) is 0 Å². The van der Waals surface area contributed by atoms with Crippen molar-refractivity contribution >= 4 is 18.2 Å². The average molecular weight is 484 g/mol. The first-order valence-corrected chi connectivity index (χ1v) is 11.1. The topological polar surface area (TPSA) is 82.8 Å². The second-order valence-electron chi connectivity index (χ2n) is 8.51. The molecule has 35 heavy (non-hydrogen) atoms. The van der Waals surface area contributed by atoms with Crippen LogP contribution in [0, 0.1) is 24.4 Å². The lowest BCUT2D eigenvalue weighted by molar-refractivity contribution is 0.139. The molecule has 0 radical (unpaired) electrons. The summed E-state index contributed by atoms with van der Waals surface area (Å²) in [5, 5.41) is 9.67. The molecule has 0 aliphatic carbocycles. The van der Waals surface area contributed by atoms with E-state index in [-0.39, 0.29) is 11.7 Å². The van der Waals surface area contributed by atoms with Gasteiger partial charge < -0.3 is 9.80 Å². The van der Waals surface area contributed by atoms with Crippen LogP contribution in [0.25, 0.3) is 11.4 Å². The van der Waals surface area contributed by atoms with Gasteiger partial charge in [0.05, 0.1) is 23.6 Å². The van der Waals surface area contributed by atoms with Crippen molar-refractivity contribution in [2.75, 3.05) is 31.1 Å². The Morgan fingerprint density at radius 1 is 1.03 bits per heavy atom. The normalized spacial score (nSPS) is 18.0. The van der Waals surface area contributed by atoms with E-state index in [2.05, 4.69) is 20.2 Å². The lowest BCUT2D eigenvalue weighted by atomic mass is 10.0. The van der Waals surface area contributed by atoms with Crippen LogP contribution in [0.4, 0.5) is 23.9 Å². The summed E-state index contributed by atoms with van der Waals surface area (Å²) in [6.45, 7) is 3.39. The second-order valence-corrected chi connectivity index (χ2v) is 8.51. The maximum absolute atomic E-state index is 14.5. The number of carbonyl (C=O) groups excluding carboxylic acids is 1. The zero-order valence-electron chi connectivity index (χ0n) is 19.2. The molecule has 0 N–H and O–H groups in total. The maximum atomic E-state index is 14.5. The smallest absolute Gasteiger partial charge is 0.337 e. The molecule has 2 amide bonds. The number of urea groups is 1. The Labute approximate surface area is 199 Å². The quantitative estimate of drug-likeness (QED) is 0.570. The summed E-state index contributed by atoms with van der Waals surface area (Å²) in [4.78, 5) is 25.2. The van der Waals surface area contributed by atoms with Gasteiger partial charge in [-0.25, -0.2) is 32.9 Å². The maximum Gasteiger partial charge on any atom is 0.341 e. The molecule has 0 bridgehead atoms. The summed E-state index contributed by atoms with van der Waals surface area (Å²) >= 11 is 0. The Kier molecular flexibility index (Phi) is 5.87. The Bertz CT molecular complexity index is 1280. The number of rotatable bonds is 3. The number of carbonyl (C=O) groups is 1. The molecule has 1 unspecified atom stereocenters. The number of piperazine rings is 1. The third kappa shape index (κ3) is 4.43. The van der Waals surface area contributed by atoms with E-state index in [1.54, 1.807) is 28.9 Å². The van der Waals surface area contributed by atoms with Gasteiger partial charge in [-0.1, -0.05) is 0 Å². The summed E-state index contributed by atoms with van der Waals surface area (Å²) in [6.07, 6.45) is 3.07. The van der Waals surface area contributed by atoms with Crippen LogP contribution in [0.1, 0.15) is 23.7 Å². The fraction of sp³-hybridized carbons (Fsp3) is 0.348. The molecule has 182 valence electrons. The minimum absolute atomic E-state index is 0.160. The van der Waals surface area contributed by atoms with Gasteiger partial charge in [0.2, 0.25) is 5.95 Å². The van der Waals surface area contributed by atoms with Crippen LogP contribution in [0.3, 0.4) is 0 Å². The molecule has 2 aliphatic heterocycles. The van der Waals surface area contributed by atoms with Crippen molar-refractivity contribution in [1.29, 1.82) is 0 Å². The van der Waals surface area contributed by atoms with E-state index in [1.807, 2.05) is 11.8 Å². The van der Waals surface area contributed by atoms with Crippen molar-refractivity contribution in [1.82, 2.24) is 29.7 Å². The highest BCUT2D eigenvalue weighted by Gasteiger charge is 2.34. The van der Waals surface area contributed by atoms with Gasteiger partial charge in [0.1, 0.15) is 17.3 Å². The van der Waals surface area contributed by atoms with Gasteiger partial charge in [-0.05, 0) is 30.7 Å². The number of nitrogens with zero attached hydrogens (tertiary/aromatic N) is 8. The Hall–Kier alpha value is -3.96. The van der Waals surface area contributed by atoms with Crippen LogP contribution in [0.5, 0.6) is 0 Å². The number of hydrazone groups is 1. The van der Waals surface area contributed by atoms with Crippen LogP contribution in [0.2, 0.25) is 0 Å². The fourth-order valence-electron chi connectivity index (χ4n) is 4.41. The number of halogens is 3. The lowest BCUT2D eigenvalue weighted by Crippen LogP contribution is -2.52. The molecule has 0 saturated carbocycles. The molecule has 3 aromatic rings. The van der Waals surface area contributed by atoms with Gasteiger partial charge in [0.25, 0.3) is 0 Å². The summed E-state index contributed by atoms with van der Waals surface area (Å²) in [5.74, 6) is -1.59. The largest absolute Gasteiger partial charge is 0.341 e. The van der Waals surface area contributed by atoms with Crippen molar-refractivity contribution in [2.45, 2.75) is 19.4 Å². The number of aromatic nitrogens is 4. The van der Waals surface area contributed by atoms with Gasteiger partial charge >= 0.3 is 6.03 Å². The third-order valence-electron chi connectivity index (χ3n) is 6.10. The van der Waals surface area contributed by atoms with Gasteiger partial charge in [-0.2, -0.15) is 10.2 Å². The van der Waals surface area contributed by atoms with Crippen molar-refractivity contribution in [3.05, 3.63) is 59.2 Å². The summed E-state index contributed by atoms with van der Waals surface area (Å²) in [7, 11) is 1.72. The Morgan fingerprint density at radius 2 is 1.74 bits per heavy atom. The first-order chi connectivity index (χ1) is 16.8. The van der Waals surface area contributed by atoms with Crippen molar-refractivity contribution in [3.63, 3.8) is 0 Å². The zero-order valence-corrected chi connectivity index (χ0v) is 19.2. The fourth-order valence-corrected chi connectivity index (χ4v) is 4.41. The zero-order chi connectivity index (χ0) is 24.7. The number of amides is 2. The molecule has 2 aliphatic rings. The van der Waals surface area contributed by atoms with Crippen LogP contribution in [0.15, 0.2) is 35.6 Å². The predicted octanol–water partition coefficient (Wildman–Crippen LogP) is 3.28. The minimum atomic E-state index is -0.701. The first-order valence-electron chi connectivity index (χ1n) is 11.1. The summed E-state index contributed by atoms with van der Waals surface area (Å²) < 4.78 is 43.5. The SMILES string of the molecule is Cc1cc(-c2nc(N3CCN(C(=O)N4N=CCC4c4cc(F)cc(F)c4)CC3)ncc2F)n(C)n1. The molecule has 1 aromatic carbocycles. The van der Waals surface area contributed by atoms with Crippen LogP contribution in [-0.4, -0.2) is 68.1 Å². The molecule has 1 saturated heterocycles. The molecule has 0 spiro atoms. The van der Waals surface area contributed by atoms with E-state index in [0.29, 0.717) is 49.8 Å². The Balaban J connectivity index is 1.28. The highest BCUT2D eigenvalue weighted by molar-refractivity contribution is 5.78. The van der Waals surface area contributed by atoms with Crippen LogP contribution in [-0.2, 0) is 7.05 Å². The molecular weight excluding hydrogens is 461 g/mol. The predicted molar refractivity (Wildman–Crippen MR) is 122 cm³/mol. The minimum Gasteiger partial charge on any atom is -0.337 e. The number of hydrogen-bond donors (Lipinski definition) is 0. The highest BCUT2D eigenvalue weighted by atomic mass is 19.1. The van der Waals surface area contributed by atoms with E-state index < -0.39 is 23.5 Å². The second kappa shape index (κ2) is 9.01. The van der Waals surface area contributed by atoms with Gasteiger partial charge in [-0.3, -0.25) is 4.68 Å². The lowest BCUT2D eigenvalue weighted by Gasteiger charge is -2.37. The molecular formula is C23H23F3N8O. The summed E-state index contributed by atoms with van der Waals surface area (Å²) in [6, 6.07) is 4.06. The molecule has 1 fully saturated rings. The number of hydrogen-bond acceptors (Lipinski definition) is 6. The molecule has 5 rings (SSSR count). The van der Waals surface area contributed by atoms with Crippen LogP contribution < -0.4 is 4.90 Å². The number of benzene rings is 1. The monoisotopic (exact) mass is 484 g/mol. The van der Waals surface area contributed by atoms with Crippen molar-refractivity contribution in [3.8, 4) is 11.4 Å². The van der Waals surface area contributed by atoms with Crippen molar-refractivity contribution in [2.24, 2.45) is 12.1 Å². The number of aryl methyl sites for hydroxylation is 2. The van der Waals surface area contributed by atoms with E-state index in [0.717, 1.165) is 18.0 Å². The Morgan fingerprint density at radius 3 is 2.40 bits per heavy atom. The standard InChI is InChI=1S/C23H23F3N8O/c1-14-9-20(31(2)30-14)21-18(26)13-27-22(29-21)32-5-7-33(8-6-32)23(35)34-19(3-4-28-34)15-10-16(24)12-17(25)11-15/h4,9-13,19H,3,5-8H2,1-2H3. The highest BCUT2D eigenvalue weighted by Crippen LogP contribution is 2.31. The average Bonchev–Trinajstić information content (AvgIpc) is 3.44. The van der Waals surface area contributed by atoms with Gasteiger partial charge in [-0.15, -0.1) is 0 Å². The molecule has 2 aromatic heterocycles.